The van der Waals surface area contributed by atoms with Crippen molar-refractivity contribution in [1.29, 1.82) is 0 Å². The van der Waals surface area contributed by atoms with Crippen LogP contribution in [-0.2, 0) is 10.0 Å². The molecule has 6 heteroatoms. The molecule has 0 fully saturated rings. The van der Waals surface area contributed by atoms with Crippen LogP contribution in [0.15, 0.2) is 27.6 Å². The summed E-state index contributed by atoms with van der Waals surface area (Å²) in [6.07, 6.45) is 0. The lowest BCUT2D eigenvalue weighted by molar-refractivity contribution is 0.486. The Morgan fingerprint density at radius 1 is 1.31 bits per heavy atom. The molecule has 16 heavy (non-hydrogen) atoms. The summed E-state index contributed by atoms with van der Waals surface area (Å²) in [5.41, 5.74) is -0.645. The highest BCUT2D eigenvalue weighted by molar-refractivity contribution is 9.10. The summed E-state index contributed by atoms with van der Waals surface area (Å²) in [7, 11) is -3.83. The van der Waals surface area contributed by atoms with Gasteiger partial charge in [-0.3, -0.25) is 0 Å². The second kappa shape index (κ2) is 4.43. The second-order valence-electron chi connectivity index (χ2n) is 4.41. The van der Waals surface area contributed by atoms with Gasteiger partial charge in [0.2, 0.25) is 10.0 Å². The van der Waals surface area contributed by atoms with Gasteiger partial charge < -0.3 is 0 Å². The van der Waals surface area contributed by atoms with Crippen molar-refractivity contribution in [3.05, 3.63) is 28.5 Å². The fraction of sp³-hybridized carbons (Fsp3) is 0.400. The molecule has 0 heterocycles. The molecule has 0 spiro atoms. The summed E-state index contributed by atoms with van der Waals surface area (Å²) in [5.74, 6) is -0.778. The van der Waals surface area contributed by atoms with Gasteiger partial charge in [-0.1, -0.05) is 6.07 Å². The van der Waals surface area contributed by atoms with E-state index in [2.05, 4.69) is 20.7 Å². The first-order valence-corrected chi connectivity index (χ1v) is 6.89. The summed E-state index contributed by atoms with van der Waals surface area (Å²) in [5, 5.41) is 0. The Morgan fingerprint density at radius 2 is 1.88 bits per heavy atom. The van der Waals surface area contributed by atoms with Gasteiger partial charge >= 0.3 is 0 Å². The SMILES string of the molecule is CC(C)(C)NS(=O)(=O)c1cccc(Br)c1F. The normalized spacial score (nSPS) is 12.8. The van der Waals surface area contributed by atoms with Gasteiger partial charge in [0.1, 0.15) is 4.90 Å². The average molecular weight is 310 g/mol. The minimum Gasteiger partial charge on any atom is -0.207 e. The second-order valence-corrected chi connectivity index (χ2v) is 6.91. The van der Waals surface area contributed by atoms with Crippen LogP contribution in [0.4, 0.5) is 4.39 Å². The summed E-state index contributed by atoms with van der Waals surface area (Å²) in [6.45, 7) is 5.08. The molecule has 0 aliphatic rings. The number of sulfonamides is 1. The van der Waals surface area contributed by atoms with Crippen molar-refractivity contribution in [3.63, 3.8) is 0 Å². The molecule has 0 saturated carbocycles. The van der Waals surface area contributed by atoms with E-state index in [4.69, 9.17) is 0 Å². The van der Waals surface area contributed by atoms with Gasteiger partial charge in [-0.15, -0.1) is 0 Å². The highest BCUT2D eigenvalue weighted by atomic mass is 79.9. The van der Waals surface area contributed by atoms with Gasteiger partial charge in [0.05, 0.1) is 4.47 Å². The third-order valence-electron chi connectivity index (χ3n) is 1.65. The molecular weight excluding hydrogens is 297 g/mol. The Labute approximate surface area is 103 Å². The van der Waals surface area contributed by atoms with E-state index >= 15 is 0 Å². The molecule has 0 radical (unpaired) electrons. The zero-order valence-corrected chi connectivity index (χ0v) is 11.6. The standard InChI is InChI=1S/C10H13BrFNO2S/c1-10(2,3)13-16(14,15)8-6-4-5-7(11)9(8)12/h4-6,13H,1-3H3. The summed E-state index contributed by atoms with van der Waals surface area (Å²) in [6, 6.07) is 4.16. The van der Waals surface area contributed by atoms with Crippen molar-refractivity contribution in [2.45, 2.75) is 31.2 Å². The van der Waals surface area contributed by atoms with E-state index in [1.54, 1.807) is 20.8 Å². The minimum absolute atomic E-state index is 0.129. The molecule has 0 aliphatic carbocycles. The van der Waals surface area contributed by atoms with Crippen molar-refractivity contribution in [2.75, 3.05) is 0 Å². The summed E-state index contributed by atoms with van der Waals surface area (Å²) >= 11 is 2.95. The molecule has 0 amide bonds. The van der Waals surface area contributed by atoms with Crippen LogP contribution in [0.25, 0.3) is 0 Å². The van der Waals surface area contributed by atoms with E-state index in [-0.39, 0.29) is 9.37 Å². The van der Waals surface area contributed by atoms with Gasteiger partial charge in [0.15, 0.2) is 5.82 Å². The third kappa shape index (κ3) is 3.26. The van der Waals surface area contributed by atoms with E-state index in [9.17, 15) is 12.8 Å². The maximum absolute atomic E-state index is 13.6. The number of halogens is 2. The molecule has 1 rings (SSSR count). The maximum atomic E-state index is 13.6. The highest BCUT2D eigenvalue weighted by Gasteiger charge is 2.25. The van der Waals surface area contributed by atoms with E-state index in [0.29, 0.717) is 0 Å². The molecule has 0 atom stereocenters. The molecule has 1 aromatic rings. The maximum Gasteiger partial charge on any atom is 0.244 e. The van der Waals surface area contributed by atoms with E-state index in [1.807, 2.05) is 0 Å². The molecule has 1 N–H and O–H groups in total. The Balaban J connectivity index is 3.24. The van der Waals surface area contributed by atoms with Gasteiger partial charge in [-0.05, 0) is 48.8 Å². The Kier molecular flexibility index (Phi) is 3.76. The van der Waals surface area contributed by atoms with Crippen LogP contribution in [0.1, 0.15) is 20.8 Å². The summed E-state index contributed by atoms with van der Waals surface area (Å²) < 4.78 is 39.8. The number of benzene rings is 1. The number of hydrogen-bond acceptors (Lipinski definition) is 2. The van der Waals surface area contributed by atoms with Gasteiger partial charge in [0, 0.05) is 5.54 Å². The van der Waals surface area contributed by atoms with Crippen LogP contribution in [-0.4, -0.2) is 14.0 Å². The Hall–Kier alpha value is -0.460. The smallest absolute Gasteiger partial charge is 0.207 e. The summed E-state index contributed by atoms with van der Waals surface area (Å²) in [4.78, 5) is -0.350. The van der Waals surface area contributed by atoms with E-state index in [0.717, 1.165) is 0 Å². The Morgan fingerprint density at radius 3 is 2.38 bits per heavy atom. The lowest BCUT2D eigenvalue weighted by atomic mass is 10.1. The molecule has 1 aromatic carbocycles. The van der Waals surface area contributed by atoms with E-state index < -0.39 is 21.4 Å². The molecule has 3 nitrogen and oxygen atoms in total. The molecule has 90 valence electrons. The van der Waals surface area contributed by atoms with Crippen molar-refractivity contribution in [1.82, 2.24) is 4.72 Å². The quantitative estimate of drug-likeness (QED) is 0.913. The average Bonchev–Trinajstić information content (AvgIpc) is 2.05. The first kappa shape index (κ1) is 13.6. The topological polar surface area (TPSA) is 46.2 Å². The van der Waals surface area contributed by atoms with Crippen LogP contribution in [0.2, 0.25) is 0 Å². The van der Waals surface area contributed by atoms with Gasteiger partial charge in [-0.2, -0.15) is 0 Å². The van der Waals surface area contributed by atoms with Crippen LogP contribution in [0.3, 0.4) is 0 Å². The zero-order valence-electron chi connectivity index (χ0n) is 9.21. The van der Waals surface area contributed by atoms with Crippen molar-refractivity contribution >= 4 is 26.0 Å². The van der Waals surface area contributed by atoms with Gasteiger partial charge in [-0.25, -0.2) is 17.5 Å². The van der Waals surface area contributed by atoms with Crippen molar-refractivity contribution in [2.24, 2.45) is 0 Å². The third-order valence-corrected chi connectivity index (χ3v) is 4.03. The number of hydrogen-bond donors (Lipinski definition) is 1. The lowest BCUT2D eigenvalue weighted by Gasteiger charge is -2.20. The molecule has 0 bridgehead atoms. The van der Waals surface area contributed by atoms with Crippen LogP contribution in [0, 0.1) is 5.82 Å². The lowest BCUT2D eigenvalue weighted by Crippen LogP contribution is -2.40. The molecule has 0 saturated heterocycles. The first-order chi connectivity index (χ1) is 7.13. The fourth-order valence-electron chi connectivity index (χ4n) is 1.15. The van der Waals surface area contributed by atoms with Gasteiger partial charge in [0.25, 0.3) is 0 Å². The van der Waals surface area contributed by atoms with Crippen LogP contribution in [0.5, 0.6) is 0 Å². The predicted molar refractivity (Wildman–Crippen MR) is 64.2 cm³/mol. The molecular formula is C10H13BrFNO2S. The highest BCUT2D eigenvalue weighted by Crippen LogP contribution is 2.23. The van der Waals surface area contributed by atoms with Crippen molar-refractivity contribution in [3.8, 4) is 0 Å². The van der Waals surface area contributed by atoms with Crippen molar-refractivity contribution < 1.29 is 12.8 Å². The fourth-order valence-corrected chi connectivity index (χ4v) is 3.17. The first-order valence-electron chi connectivity index (χ1n) is 4.61. The van der Waals surface area contributed by atoms with E-state index in [1.165, 1.54) is 18.2 Å². The minimum atomic E-state index is -3.83. The molecule has 0 unspecified atom stereocenters. The van der Waals surface area contributed by atoms with Crippen LogP contribution >= 0.6 is 15.9 Å². The molecule has 0 aromatic heterocycles. The largest absolute Gasteiger partial charge is 0.244 e. The number of nitrogens with one attached hydrogen (secondary N) is 1. The predicted octanol–water partition coefficient (Wildman–Crippen LogP) is 2.67. The monoisotopic (exact) mass is 309 g/mol. The Bertz CT molecular complexity index is 494. The van der Waals surface area contributed by atoms with Crippen LogP contribution < -0.4 is 4.72 Å². The zero-order chi connectivity index (χ0) is 12.6. The molecule has 0 aliphatic heterocycles. The number of rotatable bonds is 2.